The van der Waals surface area contributed by atoms with Crippen molar-refractivity contribution in [3.63, 3.8) is 0 Å². The largest absolute Gasteiger partial charge is 0.298 e. The summed E-state index contributed by atoms with van der Waals surface area (Å²) < 4.78 is 30.9. The van der Waals surface area contributed by atoms with Crippen molar-refractivity contribution in [2.75, 3.05) is 0 Å². The standard InChI is InChI=1S/C15H12F2N4S/c1-14(2)15(16,17)10-3-4-22-13(10)12(20-14)9-5-19-11-6-18-8-21(11)7-9/h3-8H,1-2H3. The summed E-state index contributed by atoms with van der Waals surface area (Å²) in [6.07, 6.45) is 6.74. The normalized spacial score (nSPS) is 19.0. The highest BCUT2D eigenvalue weighted by Crippen LogP contribution is 2.48. The predicted molar refractivity (Wildman–Crippen MR) is 80.9 cm³/mol. The van der Waals surface area contributed by atoms with Crippen LogP contribution in [0.15, 0.2) is 41.4 Å². The molecule has 4 nitrogen and oxygen atoms in total. The van der Waals surface area contributed by atoms with Crippen LogP contribution in [-0.4, -0.2) is 25.6 Å². The number of thiophene rings is 1. The van der Waals surface area contributed by atoms with E-state index in [2.05, 4.69) is 15.0 Å². The van der Waals surface area contributed by atoms with Gasteiger partial charge in [0.1, 0.15) is 11.9 Å². The Morgan fingerprint density at radius 3 is 2.86 bits per heavy atom. The van der Waals surface area contributed by atoms with E-state index in [1.165, 1.54) is 31.3 Å². The Kier molecular flexibility index (Phi) is 2.57. The molecule has 0 saturated heterocycles. The van der Waals surface area contributed by atoms with Gasteiger partial charge < -0.3 is 0 Å². The first-order valence-electron chi connectivity index (χ1n) is 6.74. The number of rotatable bonds is 1. The summed E-state index contributed by atoms with van der Waals surface area (Å²) in [4.78, 5) is 13.2. The van der Waals surface area contributed by atoms with Crippen molar-refractivity contribution in [3.05, 3.63) is 52.4 Å². The zero-order valence-electron chi connectivity index (χ0n) is 11.9. The summed E-state index contributed by atoms with van der Waals surface area (Å²) in [6.45, 7) is 2.91. The lowest BCUT2D eigenvalue weighted by Crippen LogP contribution is -2.43. The van der Waals surface area contributed by atoms with Crippen LogP contribution in [0, 0.1) is 0 Å². The van der Waals surface area contributed by atoms with Gasteiger partial charge >= 0.3 is 0 Å². The zero-order chi connectivity index (χ0) is 15.5. The van der Waals surface area contributed by atoms with E-state index < -0.39 is 11.5 Å². The van der Waals surface area contributed by atoms with E-state index in [1.807, 2.05) is 6.20 Å². The molecule has 3 aromatic heterocycles. The fourth-order valence-corrected chi connectivity index (χ4v) is 3.54. The molecule has 22 heavy (non-hydrogen) atoms. The molecule has 0 atom stereocenters. The van der Waals surface area contributed by atoms with Crippen molar-refractivity contribution in [2.24, 2.45) is 4.99 Å². The number of hydrogen-bond donors (Lipinski definition) is 0. The lowest BCUT2D eigenvalue weighted by atomic mass is 9.86. The minimum atomic E-state index is -2.99. The molecule has 112 valence electrons. The Morgan fingerprint density at radius 2 is 2.05 bits per heavy atom. The van der Waals surface area contributed by atoms with Gasteiger partial charge in [-0.1, -0.05) is 0 Å². The Balaban J connectivity index is 1.96. The lowest BCUT2D eigenvalue weighted by Gasteiger charge is -2.35. The van der Waals surface area contributed by atoms with Crippen LogP contribution in [0.25, 0.3) is 5.65 Å². The van der Waals surface area contributed by atoms with Gasteiger partial charge in [-0.15, -0.1) is 11.3 Å². The second-order valence-electron chi connectivity index (χ2n) is 5.76. The maximum absolute atomic E-state index is 14.6. The highest BCUT2D eigenvalue weighted by atomic mass is 32.1. The van der Waals surface area contributed by atoms with Crippen LogP contribution in [0.5, 0.6) is 0 Å². The fraction of sp³-hybridized carbons (Fsp3) is 0.267. The molecule has 0 saturated carbocycles. The molecule has 0 spiro atoms. The zero-order valence-corrected chi connectivity index (χ0v) is 12.7. The lowest BCUT2D eigenvalue weighted by molar-refractivity contribution is -0.0677. The van der Waals surface area contributed by atoms with Crippen molar-refractivity contribution >= 4 is 22.7 Å². The molecule has 0 amide bonds. The molecule has 1 aliphatic heterocycles. The Hall–Kier alpha value is -2.15. The van der Waals surface area contributed by atoms with Crippen LogP contribution in [0.3, 0.4) is 0 Å². The summed E-state index contributed by atoms with van der Waals surface area (Å²) in [7, 11) is 0. The molecule has 1 aliphatic rings. The van der Waals surface area contributed by atoms with Gasteiger partial charge in [0.15, 0.2) is 5.65 Å². The topological polar surface area (TPSA) is 42.5 Å². The van der Waals surface area contributed by atoms with Crippen molar-refractivity contribution in [1.29, 1.82) is 0 Å². The molecule has 7 heteroatoms. The third-order valence-corrected chi connectivity index (χ3v) is 4.83. The van der Waals surface area contributed by atoms with Crippen LogP contribution < -0.4 is 0 Å². The van der Waals surface area contributed by atoms with E-state index in [9.17, 15) is 8.78 Å². The van der Waals surface area contributed by atoms with Crippen molar-refractivity contribution in [1.82, 2.24) is 14.4 Å². The Bertz CT molecular complexity index is 907. The number of hydrogen-bond acceptors (Lipinski definition) is 4. The summed E-state index contributed by atoms with van der Waals surface area (Å²) in [5, 5.41) is 1.68. The maximum Gasteiger partial charge on any atom is 0.298 e. The average Bonchev–Trinajstić information content (AvgIpc) is 3.11. The number of nitrogens with zero attached hydrogens (tertiary/aromatic N) is 4. The van der Waals surface area contributed by atoms with E-state index in [0.29, 0.717) is 21.8 Å². The van der Waals surface area contributed by atoms with Crippen LogP contribution in [0.1, 0.15) is 29.9 Å². The number of alkyl halides is 2. The van der Waals surface area contributed by atoms with Gasteiger partial charge in [0.2, 0.25) is 0 Å². The molecule has 0 aromatic carbocycles. The Morgan fingerprint density at radius 1 is 1.23 bits per heavy atom. The summed E-state index contributed by atoms with van der Waals surface area (Å²) in [5.74, 6) is -2.99. The molecule has 4 heterocycles. The molecule has 0 fully saturated rings. The minimum Gasteiger partial charge on any atom is -0.290 e. The molecule has 0 radical (unpaired) electrons. The second kappa shape index (κ2) is 4.19. The van der Waals surface area contributed by atoms with Gasteiger partial charge in [-0.05, 0) is 25.3 Å². The smallest absolute Gasteiger partial charge is 0.290 e. The number of aromatic nitrogens is 3. The number of fused-ring (bicyclic) bond motifs is 2. The van der Waals surface area contributed by atoms with Gasteiger partial charge in [0.05, 0.1) is 16.8 Å². The molecular formula is C15H12F2N4S. The number of imidazole rings is 1. The summed E-state index contributed by atoms with van der Waals surface area (Å²) in [5.41, 5.74) is 0.511. The third-order valence-electron chi connectivity index (χ3n) is 3.91. The van der Waals surface area contributed by atoms with Crippen LogP contribution in [0.2, 0.25) is 0 Å². The maximum atomic E-state index is 14.6. The van der Waals surface area contributed by atoms with Crippen molar-refractivity contribution in [3.8, 4) is 0 Å². The van der Waals surface area contributed by atoms with Gasteiger partial charge in [0.25, 0.3) is 5.92 Å². The fourth-order valence-electron chi connectivity index (χ4n) is 2.60. The molecule has 0 N–H and O–H groups in total. The number of halogens is 2. The minimum absolute atomic E-state index is 0.0400. The van der Waals surface area contributed by atoms with Crippen LogP contribution in [-0.2, 0) is 5.92 Å². The van der Waals surface area contributed by atoms with E-state index in [1.54, 1.807) is 28.5 Å². The van der Waals surface area contributed by atoms with Crippen molar-refractivity contribution < 1.29 is 8.78 Å². The Labute approximate surface area is 129 Å². The van der Waals surface area contributed by atoms with Gasteiger partial charge in [-0.3, -0.25) is 9.39 Å². The predicted octanol–water partition coefficient (Wildman–Crippen LogP) is 3.51. The second-order valence-corrected chi connectivity index (χ2v) is 6.68. The molecule has 0 bridgehead atoms. The van der Waals surface area contributed by atoms with E-state index in [4.69, 9.17) is 0 Å². The third kappa shape index (κ3) is 1.68. The van der Waals surface area contributed by atoms with Crippen LogP contribution >= 0.6 is 11.3 Å². The van der Waals surface area contributed by atoms with Gasteiger partial charge in [-0.25, -0.2) is 9.97 Å². The first-order valence-corrected chi connectivity index (χ1v) is 7.62. The first kappa shape index (κ1) is 13.5. The van der Waals surface area contributed by atoms with E-state index in [-0.39, 0.29) is 5.56 Å². The van der Waals surface area contributed by atoms with Gasteiger partial charge in [-0.2, -0.15) is 8.78 Å². The molecule has 0 unspecified atom stereocenters. The molecule has 3 aromatic rings. The molecular weight excluding hydrogens is 306 g/mol. The SMILES string of the molecule is CC1(C)N=C(c2cnc3cncn3c2)c2sccc2C1(F)F. The number of aliphatic imine (C=N–C) groups is 1. The van der Waals surface area contributed by atoms with E-state index >= 15 is 0 Å². The molecule has 4 rings (SSSR count). The van der Waals surface area contributed by atoms with E-state index in [0.717, 1.165) is 0 Å². The van der Waals surface area contributed by atoms with Gasteiger partial charge in [0, 0.05) is 23.5 Å². The summed E-state index contributed by atoms with van der Waals surface area (Å²) >= 11 is 1.28. The highest BCUT2D eigenvalue weighted by Gasteiger charge is 2.53. The van der Waals surface area contributed by atoms with Crippen LogP contribution in [0.4, 0.5) is 8.78 Å². The molecule has 0 aliphatic carbocycles. The highest BCUT2D eigenvalue weighted by molar-refractivity contribution is 7.12. The summed E-state index contributed by atoms with van der Waals surface area (Å²) in [6, 6.07) is 1.49. The quantitative estimate of drug-likeness (QED) is 0.689. The average molecular weight is 318 g/mol. The monoisotopic (exact) mass is 318 g/mol. The first-order chi connectivity index (χ1) is 10.4. The van der Waals surface area contributed by atoms with Crippen molar-refractivity contribution in [2.45, 2.75) is 25.3 Å².